The van der Waals surface area contributed by atoms with E-state index in [1.165, 1.54) is 12.1 Å². The van der Waals surface area contributed by atoms with Crippen LogP contribution in [0.3, 0.4) is 0 Å². The SMILES string of the molecule is CC1(C)OB(c2cccc(C#N)c2C(F)F)OC1(C)C. The van der Waals surface area contributed by atoms with Gasteiger partial charge in [-0.2, -0.15) is 5.26 Å². The Bertz CT molecular complexity index is 551. The molecule has 0 N–H and O–H groups in total. The van der Waals surface area contributed by atoms with Crippen LogP contribution in [0.2, 0.25) is 0 Å². The molecule has 1 heterocycles. The molecule has 6 heteroatoms. The molecule has 0 aromatic heterocycles. The normalized spacial score (nSPS) is 20.2. The summed E-state index contributed by atoms with van der Waals surface area (Å²) >= 11 is 0. The summed E-state index contributed by atoms with van der Waals surface area (Å²) in [5.41, 5.74) is -1.36. The molecule has 0 spiro atoms. The number of halogens is 2. The molecule has 2 rings (SSSR count). The van der Waals surface area contributed by atoms with E-state index in [1.54, 1.807) is 12.1 Å². The molecule has 106 valence electrons. The van der Waals surface area contributed by atoms with Crippen LogP contribution in [0.25, 0.3) is 0 Å². The van der Waals surface area contributed by atoms with E-state index in [2.05, 4.69) is 0 Å². The standard InChI is InChI=1S/C14H16BF2NO2/c1-13(2)14(3,4)20-15(19-13)10-7-5-6-9(8-18)11(10)12(16)17/h5-7,12H,1-4H3. The Balaban J connectivity index is 2.48. The smallest absolute Gasteiger partial charge is 0.399 e. The highest BCUT2D eigenvalue weighted by Gasteiger charge is 2.52. The zero-order valence-corrected chi connectivity index (χ0v) is 11.9. The van der Waals surface area contributed by atoms with E-state index in [-0.39, 0.29) is 16.6 Å². The molecule has 1 aromatic rings. The summed E-state index contributed by atoms with van der Waals surface area (Å²) in [4.78, 5) is 0. The van der Waals surface area contributed by atoms with Crippen molar-refractivity contribution in [2.45, 2.75) is 45.3 Å². The van der Waals surface area contributed by atoms with E-state index < -0.39 is 24.7 Å². The first-order chi connectivity index (χ1) is 9.19. The van der Waals surface area contributed by atoms with Crippen molar-refractivity contribution >= 4 is 12.6 Å². The summed E-state index contributed by atoms with van der Waals surface area (Å²) in [7, 11) is -0.891. The van der Waals surface area contributed by atoms with Gasteiger partial charge in [0.15, 0.2) is 0 Å². The Hall–Kier alpha value is -1.45. The monoisotopic (exact) mass is 279 g/mol. The molecule has 1 fully saturated rings. The van der Waals surface area contributed by atoms with E-state index >= 15 is 0 Å². The quantitative estimate of drug-likeness (QED) is 0.782. The van der Waals surface area contributed by atoms with Crippen LogP contribution in [0.5, 0.6) is 0 Å². The summed E-state index contributed by atoms with van der Waals surface area (Å²) < 4.78 is 38.1. The van der Waals surface area contributed by atoms with Gasteiger partial charge in [0.25, 0.3) is 6.43 Å². The van der Waals surface area contributed by atoms with Gasteiger partial charge in [-0.05, 0) is 39.2 Å². The molecule has 1 saturated heterocycles. The molecule has 1 aliphatic heterocycles. The van der Waals surface area contributed by atoms with Gasteiger partial charge in [-0.15, -0.1) is 0 Å². The number of hydrogen-bond acceptors (Lipinski definition) is 3. The molecule has 0 atom stereocenters. The Morgan fingerprint density at radius 1 is 1.15 bits per heavy atom. The number of rotatable bonds is 2. The van der Waals surface area contributed by atoms with E-state index in [9.17, 15) is 8.78 Å². The number of nitrogens with zero attached hydrogens (tertiary/aromatic N) is 1. The summed E-state index contributed by atoms with van der Waals surface area (Å²) in [6.45, 7) is 7.40. The summed E-state index contributed by atoms with van der Waals surface area (Å²) in [5, 5.41) is 8.97. The van der Waals surface area contributed by atoms with Gasteiger partial charge in [-0.3, -0.25) is 0 Å². The van der Waals surface area contributed by atoms with Crippen molar-refractivity contribution in [3.63, 3.8) is 0 Å². The predicted molar refractivity (Wildman–Crippen MR) is 71.8 cm³/mol. The summed E-state index contributed by atoms with van der Waals surface area (Å²) in [6.07, 6.45) is -2.75. The number of hydrogen-bond donors (Lipinski definition) is 0. The zero-order valence-electron chi connectivity index (χ0n) is 11.9. The minimum atomic E-state index is -2.75. The maximum absolute atomic E-state index is 13.3. The van der Waals surface area contributed by atoms with Crippen molar-refractivity contribution in [2.24, 2.45) is 0 Å². The van der Waals surface area contributed by atoms with E-state index in [0.29, 0.717) is 0 Å². The molecule has 20 heavy (non-hydrogen) atoms. The fraction of sp³-hybridized carbons (Fsp3) is 0.500. The zero-order chi connectivity index (χ0) is 15.1. The van der Waals surface area contributed by atoms with Crippen molar-refractivity contribution in [3.05, 3.63) is 29.3 Å². The van der Waals surface area contributed by atoms with Gasteiger partial charge in [0.2, 0.25) is 0 Å². The first-order valence-corrected chi connectivity index (χ1v) is 6.36. The van der Waals surface area contributed by atoms with Crippen molar-refractivity contribution in [3.8, 4) is 6.07 Å². The third-order valence-corrected chi connectivity index (χ3v) is 3.99. The van der Waals surface area contributed by atoms with Gasteiger partial charge in [0, 0.05) is 5.56 Å². The highest BCUT2D eigenvalue weighted by molar-refractivity contribution is 6.62. The molecule has 1 aromatic carbocycles. The van der Waals surface area contributed by atoms with Crippen LogP contribution in [0.4, 0.5) is 8.78 Å². The third kappa shape index (κ3) is 2.32. The molecule has 0 bridgehead atoms. The van der Waals surface area contributed by atoms with Gasteiger partial charge >= 0.3 is 7.12 Å². The number of alkyl halides is 2. The van der Waals surface area contributed by atoms with Crippen molar-refractivity contribution < 1.29 is 18.1 Å². The number of benzene rings is 1. The lowest BCUT2D eigenvalue weighted by Gasteiger charge is -2.32. The average Bonchev–Trinajstić information content (AvgIpc) is 2.57. The topological polar surface area (TPSA) is 42.2 Å². The Labute approximate surface area is 117 Å². The van der Waals surface area contributed by atoms with Gasteiger partial charge in [0.1, 0.15) is 0 Å². The molecule has 1 aliphatic rings. The largest absolute Gasteiger partial charge is 0.495 e. The molecular weight excluding hydrogens is 263 g/mol. The minimum absolute atomic E-state index is 0.0489. The molecule has 0 unspecified atom stereocenters. The fourth-order valence-electron chi connectivity index (χ4n) is 2.10. The molecular formula is C14H16BF2NO2. The second-order valence-corrected chi connectivity index (χ2v) is 5.81. The lowest BCUT2D eigenvalue weighted by molar-refractivity contribution is 0.00578. The van der Waals surface area contributed by atoms with Crippen LogP contribution < -0.4 is 5.46 Å². The van der Waals surface area contributed by atoms with Crippen molar-refractivity contribution in [1.29, 1.82) is 5.26 Å². The Morgan fingerprint density at radius 2 is 1.70 bits per heavy atom. The van der Waals surface area contributed by atoms with Crippen LogP contribution in [0.1, 0.15) is 45.2 Å². The Kier molecular flexibility index (Phi) is 3.61. The minimum Gasteiger partial charge on any atom is -0.399 e. The Morgan fingerprint density at radius 3 is 2.15 bits per heavy atom. The lowest BCUT2D eigenvalue weighted by atomic mass is 9.75. The van der Waals surface area contributed by atoms with Crippen molar-refractivity contribution in [1.82, 2.24) is 0 Å². The van der Waals surface area contributed by atoms with Gasteiger partial charge in [-0.1, -0.05) is 12.1 Å². The second kappa shape index (κ2) is 4.83. The summed E-state index contributed by atoms with van der Waals surface area (Å²) in [5.74, 6) is 0. The van der Waals surface area contributed by atoms with Crippen LogP contribution >= 0.6 is 0 Å². The van der Waals surface area contributed by atoms with Crippen LogP contribution in [0, 0.1) is 11.3 Å². The highest BCUT2D eigenvalue weighted by Crippen LogP contribution is 2.37. The third-order valence-electron chi connectivity index (χ3n) is 3.99. The maximum Gasteiger partial charge on any atom is 0.495 e. The maximum atomic E-state index is 13.3. The van der Waals surface area contributed by atoms with E-state index in [1.807, 2.05) is 27.7 Å². The molecule has 0 saturated carbocycles. The van der Waals surface area contributed by atoms with Crippen molar-refractivity contribution in [2.75, 3.05) is 0 Å². The molecule has 3 nitrogen and oxygen atoms in total. The summed E-state index contributed by atoms with van der Waals surface area (Å²) in [6, 6.07) is 6.24. The fourth-order valence-corrected chi connectivity index (χ4v) is 2.10. The first kappa shape index (κ1) is 15.0. The van der Waals surface area contributed by atoms with Crippen LogP contribution in [0.15, 0.2) is 18.2 Å². The average molecular weight is 279 g/mol. The predicted octanol–water partition coefficient (Wildman–Crippen LogP) is 2.80. The highest BCUT2D eigenvalue weighted by atomic mass is 19.3. The van der Waals surface area contributed by atoms with Gasteiger partial charge < -0.3 is 9.31 Å². The lowest BCUT2D eigenvalue weighted by Crippen LogP contribution is -2.41. The van der Waals surface area contributed by atoms with Crippen LogP contribution in [-0.4, -0.2) is 18.3 Å². The molecule has 0 aliphatic carbocycles. The number of nitriles is 1. The van der Waals surface area contributed by atoms with Gasteiger partial charge in [-0.25, -0.2) is 8.78 Å². The second-order valence-electron chi connectivity index (χ2n) is 5.81. The van der Waals surface area contributed by atoms with Crippen LogP contribution in [-0.2, 0) is 9.31 Å². The van der Waals surface area contributed by atoms with Gasteiger partial charge in [0.05, 0.1) is 22.8 Å². The molecule has 0 radical (unpaired) electrons. The first-order valence-electron chi connectivity index (χ1n) is 6.36. The van der Waals surface area contributed by atoms with E-state index in [0.717, 1.165) is 0 Å². The van der Waals surface area contributed by atoms with E-state index in [4.69, 9.17) is 14.6 Å². The molecule has 0 amide bonds.